The molecule has 0 spiro atoms. The molecule has 148 valence electrons. The number of hydrogen-bond donors (Lipinski definition) is 1. The van der Waals surface area contributed by atoms with Crippen LogP contribution in [0.3, 0.4) is 0 Å². The first-order chi connectivity index (χ1) is 13.8. The van der Waals surface area contributed by atoms with Gasteiger partial charge in [0.2, 0.25) is 5.91 Å². The Morgan fingerprint density at radius 3 is 2.66 bits per heavy atom. The van der Waals surface area contributed by atoms with Gasteiger partial charge in [-0.15, -0.1) is 11.3 Å². The zero-order valence-electron chi connectivity index (χ0n) is 15.9. The van der Waals surface area contributed by atoms with Crippen LogP contribution in [-0.2, 0) is 21.1 Å². The van der Waals surface area contributed by atoms with Gasteiger partial charge in [-0.2, -0.15) is 0 Å². The fourth-order valence-electron chi connectivity index (χ4n) is 3.03. The number of thiazole rings is 1. The standard InChI is InChI=1S/C21H19N3O3S2/c1-14-8-9-17(29(2,26)27)11-18(14)22-20(25)10-16-13-28-21-23-19(12-24(16)21)15-6-4-3-5-7-15/h3-9,11-13H,10H2,1-2H3,(H,22,25). The van der Waals surface area contributed by atoms with E-state index in [-0.39, 0.29) is 17.2 Å². The summed E-state index contributed by atoms with van der Waals surface area (Å²) < 4.78 is 25.5. The summed E-state index contributed by atoms with van der Waals surface area (Å²) in [4.78, 5) is 18.3. The quantitative estimate of drug-likeness (QED) is 0.525. The van der Waals surface area contributed by atoms with Crippen molar-refractivity contribution in [3.05, 3.63) is 71.4 Å². The van der Waals surface area contributed by atoms with Crippen LogP contribution in [0.1, 0.15) is 11.3 Å². The van der Waals surface area contributed by atoms with Gasteiger partial charge in [-0.3, -0.25) is 9.20 Å². The van der Waals surface area contributed by atoms with Crippen molar-refractivity contribution in [1.82, 2.24) is 9.38 Å². The number of nitrogens with one attached hydrogen (secondary N) is 1. The Bertz CT molecular complexity index is 1310. The molecular weight excluding hydrogens is 406 g/mol. The second kappa shape index (κ2) is 7.46. The van der Waals surface area contributed by atoms with Crippen LogP contribution < -0.4 is 5.32 Å². The lowest BCUT2D eigenvalue weighted by atomic mass is 10.2. The van der Waals surface area contributed by atoms with E-state index in [0.717, 1.165) is 33.7 Å². The highest BCUT2D eigenvalue weighted by molar-refractivity contribution is 7.90. The molecule has 1 N–H and O–H groups in total. The molecule has 1 amide bonds. The van der Waals surface area contributed by atoms with Gasteiger partial charge >= 0.3 is 0 Å². The molecule has 4 rings (SSSR count). The monoisotopic (exact) mass is 425 g/mol. The molecular formula is C21H19N3O3S2. The summed E-state index contributed by atoms with van der Waals surface area (Å²) in [6.45, 7) is 1.83. The van der Waals surface area contributed by atoms with Crippen molar-refractivity contribution in [1.29, 1.82) is 0 Å². The van der Waals surface area contributed by atoms with Crippen LogP contribution in [-0.4, -0.2) is 30.0 Å². The van der Waals surface area contributed by atoms with E-state index in [1.54, 1.807) is 12.1 Å². The number of sulfone groups is 1. The molecule has 0 bridgehead atoms. The Balaban J connectivity index is 1.56. The third-order valence-electron chi connectivity index (χ3n) is 4.61. The number of rotatable bonds is 5. The van der Waals surface area contributed by atoms with Gasteiger partial charge in [-0.1, -0.05) is 36.4 Å². The molecule has 4 aromatic rings. The first-order valence-corrected chi connectivity index (χ1v) is 11.7. The number of fused-ring (bicyclic) bond motifs is 1. The summed E-state index contributed by atoms with van der Waals surface area (Å²) in [5.41, 5.74) is 4.01. The maximum Gasteiger partial charge on any atom is 0.230 e. The molecule has 0 radical (unpaired) electrons. The van der Waals surface area contributed by atoms with Crippen molar-refractivity contribution in [3.63, 3.8) is 0 Å². The average Bonchev–Trinajstić information content (AvgIpc) is 3.25. The highest BCUT2D eigenvalue weighted by Crippen LogP contribution is 2.25. The van der Waals surface area contributed by atoms with E-state index in [9.17, 15) is 13.2 Å². The zero-order valence-corrected chi connectivity index (χ0v) is 17.5. The van der Waals surface area contributed by atoms with Crippen molar-refractivity contribution in [3.8, 4) is 11.3 Å². The molecule has 0 atom stereocenters. The highest BCUT2D eigenvalue weighted by atomic mass is 32.2. The lowest BCUT2D eigenvalue weighted by molar-refractivity contribution is -0.115. The van der Waals surface area contributed by atoms with Gasteiger partial charge in [0.1, 0.15) is 0 Å². The summed E-state index contributed by atoms with van der Waals surface area (Å²) in [6, 6.07) is 14.6. The predicted molar refractivity (Wildman–Crippen MR) is 115 cm³/mol. The zero-order chi connectivity index (χ0) is 20.6. The average molecular weight is 426 g/mol. The summed E-state index contributed by atoms with van der Waals surface area (Å²) in [7, 11) is -3.34. The normalized spacial score (nSPS) is 11.7. The van der Waals surface area contributed by atoms with Gasteiger partial charge < -0.3 is 5.32 Å². The number of carbonyl (C=O) groups is 1. The minimum atomic E-state index is -3.34. The Hall–Kier alpha value is -2.97. The molecule has 0 aliphatic rings. The molecule has 0 fully saturated rings. The molecule has 0 aliphatic carbocycles. The second-order valence-corrected chi connectivity index (χ2v) is 9.70. The number of benzene rings is 2. The Labute approximate surface area is 172 Å². The van der Waals surface area contributed by atoms with E-state index in [0.29, 0.717) is 5.69 Å². The summed E-state index contributed by atoms with van der Waals surface area (Å²) >= 11 is 1.48. The molecule has 29 heavy (non-hydrogen) atoms. The number of nitrogens with zero attached hydrogens (tertiary/aromatic N) is 2. The van der Waals surface area contributed by atoms with E-state index in [1.807, 2.05) is 53.2 Å². The smallest absolute Gasteiger partial charge is 0.230 e. The lowest BCUT2D eigenvalue weighted by Gasteiger charge is -2.10. The molecule has 8 heteroatoms. The Morgan fingerprint density at radius 2 is 1.93 bits per heavy atom. The van der Waals surface area contributed by atoms with Crippen LogP contribution in [0.2, 0.25) is 0 Å². The minimum absolute atomic E-state index is 0.160. The number of amides is 1. The van der Waals surface area contributed by atoms with Crippen molar-refractivity contribution >= 4 is 37.7 Å². The van der Waals surface area contributed by atoms with Crippen LogP contribution in [0.15, 0.2) is 65.0 Å². The van der Waals surface area contributed by atoms with Gasteiger partial charge in [-0.25, -0.2) is 13.4 Å². The molecule has 0 saturated heterocycles. The number of aryl methyl sites for hydroxylation is 1. The van der Waals surface area contributed by atoms with Crippen LogP contribution in [0, 0.1) is 6.92 Å². The maximum atomic E-state index is 12.6. The fraction of sp³-hybridized carbons (Fsp3) is 0.143. The maximum absolute atomic E-state index is 12.6. The Morgan fingerprint density at radius 1 is 1.17 bits per heavy atom. The summed E-state index contributed by atoms with van der Waals surface area (Å²) in [5, 5.41) is 4.74. The summed E-state index contributed by atoms with van der Waals surface area (Å²) in [5.74, 6) is -0.214. The van der Waals surface area contributed by atoms with Gasteiger partial charge in [0.05, 0.1) is 17.0 Å². The van der Waals surface area contributed by atoms with Crippen molar-refractivity contribution in [2.45, 2.75) is 18.2 Å². The van der Waals surface area contributed by atoms with Gasteiger partial charge in [-0.05, 0) is 24.6 Å². The number of anilines is 1. The predicted octanol–water partition coefficient (Wildman–Crippen LogP) is 3.96. The number of imidazole rings is 1. The van der Waals surface area contributed by atoms with E-state index in [2.05, 4.69) is 10.3 Å². The van der Waals surface area contributed by atoms with Gasteiger partial charge in [0, 0.05) is 34.8 Å². The van der Waals surface area contributed by atoms with Crippen molar-refractivity contribution < 1.29 is 13.2 Å². The molecule has 2 heterocycles. The minimum Gasteiger partial charge on any atom is -0.325 e. The highest BCUT2D eigenvalue weighted by Gasteiger charge is 2.15. The SMILES string of the molecule is Cc1ccc(S(C)(=O)=O)cc1NC(=O)Cc1csc2nc(-c3ccccc3)cn12. The van der Waals surface area contributed by atoms with Crippen LogP contribution in [0.4, 0.5) is 5.69 Å². The molecule has 6 nitrogen and oxygen atoms in total. The second-order valence-electron chi connectivity index (χ2n) is 6.85. The van der Waals surface area contributed by atoms with E-state index in [4.69, 9.17) is 0 Å². The van der Waals surface area contributed by atoms with Crippen LogP contribution in [0.25, 0.3) is 16.2 Å². The van der Waals surface area contributed by atoms with Crippen LogP contribution >= 0.6 is 11.3 Å². The fourth-order valence-corrected chi connectivity index (χ4v) is 4.55. The number of carbonyl (C=O) groups excluding carboxylic acids is 1. The molecule has 0 unspecified atom stereocenters. The number of aromatic nitrogens is 2. The third-order valence-corrected chi connectivity index (χ3v) is 6.60. The van der Waals surface area contributed by atoms with Gasteiger partial charge in [0.25, 0.3) is 0 Å². The molecule has 0 aliphatic heterocycles. The largest absolute Gasteiger partial charge is 0.325 e. The first kappa shape index (κ1) is 19.4. The first-order valence-electron chi connectivity index (χ1n) is 8.93. The molecule has 2 aromatic carbocycles. The number of hydrogen-bond acceptors (Lipinski definition) is 5. The Kier molecular flexibility index (Phi) is 4.97. The topological polar surface area (TPSA) is 80.5 Å². The van der Waals surface area contributed by atoms with Crippen molar-refractivity contribution in [2.24, 2.45) is 0 Å². The van der Waals surface area contributed by atoms with E-state index < -0.39 is 9.84 Å². The van der Waals surface area contributed by atoms with E-state index in [1.165, 1.54) is 17.4 Å². The van der Waals surface area contributed by atoms with Crippen molar-refractivity contribution in [2.75, 3.05) is 11.6 Å². The van der Waals surface area contributed by atoms with E-state index >= 15 is 0 Å². The molecule has 2 aromatic heterocycles. The van der Waals surface area contributed by atoms with Crippen LogP contribution in [0.5, 0.6) is 0 Å². The lowest BCUT2D eigenvalue weighted by Crippen LogP contribution is -2.16. The van der Waals surface area contributed by atoms with Gasteiger partial charge in [0.15, 0.2) is 14.8 Å². The summed E-state index contributed by atoms with van der Waals surface area (Å²) in [6.07, 6.45) is 3.24. The third kappa shape index (κ3) is 4.08. The molecule has 0 saturated carbocycles.